The Balaban J connectivity index is 3.31. The number of carboxylic acids is 1. The lowest BCUT2D eigenvalue weighted by atomic mass is 10.1. The molecule has 1 atom stereocenters. The van der Waals surface area contributed by atoms with E-state index in [-0.39, 0.29) is 0 Å². The van der Waals surface area contributed by atoms with Crippen LogP contribution >= 0.6 is 0 Å². The van der Waals surface area contributed by atoms with Crippen LogP contribution in [0.15, 0.2) is 12.2 Å². The molecule has 0 amide bonds. The van der Waals surface area contributed by atoms with E-state index in [1.54, 1.807) is 0 Å². The van der Waals surface area contributed by atoms with E-state index in [9.17, 15) is 4.79 Å². The van der Waals surface area contributed by atoms with Gasteiger partial charge in [-0.05, 0) is 26.2 Å². The summed E-state index contributed by atoms with van der Waals surface area (Å²) in [6.07, 6.45) is 6.27. The third-order valence-electron chi connectivity index (χ3n) is 1.44. The molecule has 0 aromatic rings. The van der Waals surface area contributed by atoms with E-state index in [1.807, 2.05) is 19.1 Å². The Morgan fingerprint density at radius 3 is 2.82 bits per heavy atom. The Labute approximate surface area is 66.9 Å². The molecule has 3 nitrogen and oxygen atoms in total. The zero-order valence-corrected chi connectivity index (χ0v) is 6.79. The monoisotopic (exact) mass is 157 g/mol. The highest BCUT2D eigenvalue weighted by Crippen LogP contribution is 1.99. The first-order valence-corrected chi connectivity index (χ1v) is 3.78. The van der Waals surface area contributed by atoms with Crippen molar-refractivity contribution in [1.82, 2.24) is 0 Å². The molecule has 0 aromatic carbocycles. The van der Waals surface area contributed by atoms with Gasteiger partial charge in [0.2, 0.25) is 0 Å². The van der Waals surface area contributed by atoms with Crippen LogP contribution in [0, 0.1) is 0 Å². The van der Waals surface area contributed by atoms with Crippen LogP contribution in [0.4, 0.5) is 0 Å². The Morgan fingerprint density at radius 2 is 2.36 bits per heavy atom. The van der Waals surface area contributed by atoms with Crippen molar-refractivity contribution in [3.05, 3.63) is 12.2 Å². The number of hydrogen-bond acceptors (Lipinski definition) is 2. The molecule has 0 aliphatic rings. The molecule has 0 aromatic heterocycles. The van der Waals surface area contributed by atoms with E-state index < -0.39 is 12.0 Å². The molecule has 0 radical (unpaired) electrons. The number of rotatable bonds is 5. The fourth-order valence-electron chi connectivity index (χ4n) is 0.746. The summed E-state index contributed by atoms with van der Waals surface area (Å²) in [4.78, 5) is 10.2. The summed E-state index contributed by atoms with van der Waals surface area (Å²) >= 11 is 0. The maximum atomic E-state index is 10.2. The lowest BCUT2D eigenvalue weighted by Gasteiger charge is -2.02. The van der Waals surface area contributed by atoms with Crippen LogP contribution in [-0.2, 0) is 4.79 Å². The maximum absolute atomic E-state index is 10.2. The van der Waals surface area contributed by atoms with Gasteiger partial charge in [-0.15, -0.1) is 0 Å². The van der Waals surface area contributed by atoms with Crippen molar-refractivity contribution in [1.29, 1.82) is 0 Å². The molecule has 0 aliphatic heterocycles. The third-order valence-corrected chi connectivity index (χ3v) is 1.44. The molecule has 64 valence electrons. The molecule has 3 N–H and O–H groups in total. The average molecular weight is 157 g/mol. The standard InChI is InChI=1S/C8H15NO2/c1-2-3-4-5-6-7(9)8(10)11/h2-3,7H,4-6,9H2,1H3,(H,10,11)/b3-2+. The van der Waals surface area contributed by atoms with Gasteiger partial charge in [0, 0.05) is 0 Å². The number of carbonyl (C=O) groups is 1. The Kier molecular flexibility index (Phi) is 5.47. The van der Waals surface area contributed by atoms with Crippen molar-refractivity contribution in [3.63, 3.8) is 0 Å². The Hall–Kier alpha value is -0.830. The Bertz CT molecular complexity index is 143. The van der Waals surface area contributed by atoms with E-state index in [4.69, 9.17) is 10.8 Å². The van der Waals surface area contributed by atoms with E-state index in [0.717, 1.165) is 12.8 Å². The van der Waals surface area contributed by atoms with Gasteiger partial charge in [-0.25, -0.2) is 0 Å². The first kappa shape index (κ1) is 10.2. The van der Waals surface area contributed by atoms with Crippen LogP contribution < -0.4 is 5.73 Å². The van der Waals surface area contributed by atoms with Crippen molar-refractivity contribution < 1.29 is 9.90 Å². The van der Waals surface area contributed by atoms with Gasteiger partial charge in [-0.3, -0.25) is 4.79 Å². The topological polar surface area (TPSA) is 63.3 Å². The molecule has 0 saturated carbocycles. The summed E-state index contributed by atoms with van der Waals surface area (Å²) in [6, 6.07) is -0.694. The van der Waals surface area contributed by atoms with E-state index >= 15 is 0 Å². The fraction of sp³-hybridized carbons (Fsp3) is 0.625. The molecule has 0 bridgehead atoms. The van der Waals surface area contributed by atoms with Gasteiger partial charge < -0.3 is 10.8 Å². The summed E-state index contributed by atoms with van der Waals surface area (Å²) in [7, 11) is 0. The predicted molar refractivity (Wildman–Crippen MR) is 44.3 cm³/mol. The SMILES string of the molecule is C/C=C/CCCC(N)C(=O)O. The van der Waals surface area contributed by atoms with E-state index in [1.165, 1.54) is 0 Å². The first-order chi connectivity index (χ1) is 5.18. The highest BCUT2D eigenvalue weighted by Gasteiger charge is 2.08. The highest BCUT2D eigenvalue weighted by atomic mass is 16.4. The molecular formula is C8H15NO2. The number of aliphatic carboxylic acids is 1. The number of allylic oxidation sites excluding steroid dienone is 2. The first-order valence-electron chi connectivity index (χ1n) is 3.78. The second kappa shape index (κ2) is 5.92. The summed E-state index contributed by atoms with van der Waals surface area (Å²) < 4.78 is 0. The number of carboxylic acid groups (broad SMARTS) is 1. The molecule has 0 saturated heterocycles. The minimum atomic E-state index is -0.912. The lowest BCUT2D eigenvalue weighted by Crippen LogP contribution is -2.29. The van der Waals surface area contributed by atoms with Gasteiger partial charge in [0.15, 0.2) is 0 Å². The van der Waals surface area contributed by atoms with Crippen LogP contribution in [0.2, 0.25) is 0 Å². The largest absolute Gasteiger partial charge is 0.480 e. The smallest absolute Gasteiger partial charge is 0.320 e. The maximum Gasteiger partial charge on any atom is 0.320 e. The van der Waals surface area contributed by atoms with Crippen molar-refractivity contribution in [2.75, 3.05) is 0 Å². The summed E-state index contributed by atoms with van der Waals surface area (Å²) in [5, 5.41) is 8.40. The average Bonchev–Trinajstić information content (AvgIpc) is 1.97. The van der Waals surface area contributed by atoms with Gasteiger partial charge in [0.1, 0.15) is 6.04 Å². The van der Waals surface area contributed by atoms with Gasteiger partial charge in [-0.1, -0.05) is 12.2 Å². The molecule has 0 spiro atoms. The summed E-state index contributed by atoms with van der Waals surface area (Å²) in [5.41, 5.74) is 5.28. The van der Waals surface area contributed by atoms with Gasteiger partial charge in [-0.2, -0.15) is 0 Å². The normalized spacial score (nSPS) is 13.6. The molecule has 1 unspecified atom stereocenters. The summed E-state index contributed by atoms with van der Waals surface area (Å²) in [5.74, 6) is -0.912. The Morgan fingerprint density at radius 1 is 1.73 bits per heavy atom. The highest BCUT2D eigenvalue weighted by molar-refractivity contribution is 5.72. The van der Waals surface area contributed by atoms with Gasteiger partial charge in [0.05, 0.1) is 0 Å². The second-order valence-electron chi connectivity index (χ2n) is 2.44. The van der Waals surface area contributed by atoms with Crippen LogP contribution in [-0.4, -0.2) is 17.1 Å². The third kappa shape index (κ3) is 5.61. The molecular weight excluding hydrogens is 142 g/mol. The van der Waals surface area contributed by atoms with E-state index in [2.05, 4.69) is 0 Å². The van der Waals surface area contributed by atoms with Crippen molar-refractivity contribution in [3.8, 4) is 0 Å². The predicted octanol–water partition coefficient (Wildman–Crippen LogP) is 1.14. The number of hydrogen-bond donors (Lipinski definition) is 2. The minimum Gasteiger partial charge on any atom is -0.480 e. The number of unbranched alkanes of at least 4 members (excludes halogenated alkanes) is 1. The minimum absolute atomic E-state index is 0.555. The molecule has 0 rings (SSSR count). The van der Waals surface area contributed by atoms with Crippen LogP contribution in [0.3, 0.4) is 0 Å². The van der Waals surface area contributed by atoms with Crippen LogP contribution in [0.25, 0.3) is 0 Å². The zero-order chi connectivity index (χ0) is 8.69. The summed E-state index contributed by atoms with van der Waals surface area (Å²) in [6.45, 7) is 1.94. The fourth-order valence-corrected chi connectivity index (χ4v) is 0.746. The molecule has 0 heterocycles. The van der Waals surface area contributed by atoms with Crippen LogP contribution in [0.1, 0.15) is 26.2 Å². The molecule has 0 fully saturated rings. The van der Waals surface area contributed by atoms with Gasteiger partial charge in [0.25, 0.3) is 0 Å². The van der Waals surface area contributed by atoms with Crippen LogP contribution in [0.5, 0.6) is 0 Å². The van der Waals surface area contributed by atoms with Gasteiger partial charge >= 0.3 is 5.97 Å². The zero-order valence-electron chi connectivity index (χ0n) is 6.79. The second-order valence-corrected chi connectivity index (χ2v) is 2.44. The van der Waals surface area contributed by atoms with E-state index in [0.29, 0.717) is 6.42 Å². The number of nitrogens with two attached hydrogens (primary N) is 1. The molecule has 0 aliphatic carbocycles. The quantitative estimate of drug-likeness (QED) is 0.464. The van der Waals surface area contributed by atoms with Crippen molar-refractivity contribution in [2.45, 2.75) is 32.2 Å². The van der Waals surface area contributed by atoms with Crippen molar-refractivity contribution in [2.24, 2.45) is 5.73 Å². The molecule has 3 heteroatoms. The molecule has 11 heavy (non-hydrogen) atoms. The lowest BCUT2D eigenvalue weighted by molar-refractivity contribution is -0.138. The van der Waals surface area contributed by atoms with Crippen molar-refractivity contribution >= 4 is 5.97 Å².